The molecule has 0 aliphatic carbocycles. The summed E-state index contributed by atoms with van der Waals surface area (Å²) in [4.78, 5) is 176. The monoisotopic (exact) mass is 1670 g/mol. The van der Waals surface area contributed by atoms with Crippen molar-refractivity contribution in [1.29, 1.82) is 0 Å². The lowest BCUT2D eigenvalue weighted by Gasteiger charge is -2.38. The lowest BCUT2D eigenvalue weighted by atomic mass is 9.91. The van der Waals surface area contributed by atoms with E-state index in [-0.39, 0.29) is 86.6 Å². The van der Waals surface area contributed by atoms with Gasteiger partial charge in [-0.05, 0) is 148 Å². The molecule has 0 radical (unpaired) electrons. The van der Waals surface area contributed by atoms with Crippen molar-refractivity contribution in [1.82, 2.24) is 59.1 Å². The quantitative estimate of drug-likeness (QED) is 0.0180. The number of methoxy groups -OCH3 is 3. The van der Waals surface area contributed by atoms with Crippen molar-refractivity contribution in [2.75, 3.05) is 70.1 Å². The van der Waals surface area contributed by atoms with Gasteiger partial charge in [-0.1, -0.05) is 60.1 Å². The van der Waals surface area contributed by atoms with Crippen molar-refractivity contribution in [3.05, 3.63) is 174 Å². The second-order valence-electron chi connectivity index (χ2n) is 31.7. The summed E-state index contributed by atoms with van der Waals surface area (Å²) in [6.07, 6.45) is 9.01. The molecule has 6 atom stereocenters. The molecular weight excluding hydrogens is 1570 g/mol. The second-order valence-corrected chi connectivity index (χ2v) is 43.0. The van der Waals surface area contributed by atoms with Gasteiger partial charge in [0.1, 0.15) is 30.2 Å². The zero-order valence-corrected chi connectivity index (χ0v) is 70.6. The molecule has 3 aliphatic rings. The first-order chi connectivity index (χ1) is 56.4. The number of amides is 8. The molecule has 0 spiro atoms. The van der Waals surface area contributed by atoms with Crippen LogP contribution in [0.15, 0.2) is 124 Å². The first kappa shape index (κ1) is 90.4. The summed E-state index contributed by atoms with van der Waals surface area (Å²) >= 11 is 0. The van der Waals surface area contributed by atoms with Crippen LogP contribution >= 0.6 is 0 Å². The highest BCUT2D eigenvalue weighted by atomic mass is 28.3. The van der Waals surface area contributed by atoms with Crippen LogP contribution in [0.4, 0.5) is 17.1 Å². The third kappa shape index (κ3) is 24.6. The van der Waals surface area contributed by atoms with Crippen molar-refractivity contribution in [2.45, 2.75) is 142 Å². The minimum absolute atomic E-state index is 0.00850. The van der Waals surface area contributed by atoms with Gasteiger partial charge in [0, 0.05) is 66.7 Å². The number of aromatic nitrogens is 9. The lowest BCUT2D eigenvalue weighted by molar-refractivity contribution is -0.147. The van der Waals surface area contributed by atoms with E-state index in [0.29, 0.717) is 85.4 Å². The number of piperidine rings is 3. The maximum atomic E-state index is 13.4. The van der Waals surface area contributed by atoms with Gasteiger partial charge in [0.05, 0.1) is 119 Å². The lowest BCUT2D eigenvalue weighted by Crippen LogP contribution is -2.46. The maximum absolute atomic E-state index is 13.4. The Balaban J connectivity index is 0.000000189. The summed E-state index contributed by atoms with van der Waals surface area (Å²) in [6, 6.07) is 26.1. The van der Waals surface area contributed by atoms with Crippen molar-refractivity contribution >= 4 is 120 Å². The predicted octanol–water partition coefficient (Wildman–Crippen LogP) is 7.50. The van der Waals surface area contributed by atoms with Crippen LogP contribution in [0.5, 0.6) is 17.6 Å². The Labute approximate surface area is 686 Å². The van der Waals surface area contributed by atoms with Gasteiger partial charge in [0.15, 0.2) is 0 Å². The molecule has 36 nitrogen and oxygen atoms in total. The van der Waals surface area contributed by atoms with Crippen molar-refractivity contribution in [2.24, 2.45) is 35.0 Å². The number of ether oxygens (including phenoxy) is 5. The number of carboxylic acid groups (broad SMARTS) is 1. The van der Waals surface area contributed by atoms with Gasteiger partial charge in [-0.15, -0.1) is 0 Å². The van der Waals surface area contributed by atoms with Gasteiger partial charge in [-0.2, -0.15) is 0 Å². The Morgan fingerprint density at radius 3 is 1.27 bits per heavy atom. The van der Waals surface area contributed by atoms with E-state index >= 15 is 0 Å². The number of anilines is 3. The summed E-state index contributed by atoms with van der Waals surface area (Å²) in [5.74, 6) is -7.32. The summed E-state index contributed by atoms with van der Waals surface area (Å²) in [6.45, 7) is 23.6. The van der Waals surface area contributed by atoms with Gasteiger partial charge in [-0.25, -0.2) is 34.7 Å². The van der Waals surface area contributed by atoms with Gasteiger partial charge >= 0.3 is 35.5 Å². The molecule has 3 saturated heterocycles. The highest BCUT2D eigenvalue weighted by Gasteiger charge is 2.38. The molecule has 9 aromatic heterocycles. The van der Waals surface area contributed by atoms with Crippen LogP contribution in [0.2, 0.25) is 51.4 Å². The molecule has 8 amide bonds. The van der Waals surface area contributed by atoms with Crippen molar-refractivity contribution in [3.63, 3.8) is 0 Å². The van der Waals surface area contributed by atoms with Crippen LogP contribution in [0.1, 0.15) is 126 Å². The van der Waals surface area contributed by atoms with Crippen LogP contribution in [0, 0.1) is 17.8 Å². The van der Waals surface area contributed by atoms with Gasteiger partial charge in [-0.3, -0.25) is 61.9 Å². The highest BCUT2D eigenvalue weighted by molar-refractivity contribution is 6.76. The molecule has 12 heterocycles. The van der Waals surface area contributed by atoms with E-state index in [1.165, 1.54) is 80.3 Å². The predicted molar refractivity (Wildman–Crippen MR) is 449 cm³/mol. The topological polar surface area (TPSA) is 507 Å². The molecule has 0 aromatic carbocycles. The number of primary amides is 3. The van der Waals surface area contributed by atoms with E-state index in [4.69, 9.17) is 56.0 Å². The first-order valence-electron chi connectivity index (χ1n) is 38.6. The number of carbonyl (C=O) groups excluding carboxylic acids is 8. The summed E-state index contributed by atoms with van der Waals surface area (Å²) in [7, 11) is 1.59. The summed E-state index contributed by atoms with van der Waals surface area (Å²) in [5.41, 5.74) is 22.0. The minimum Gasteiger partial charge on any atom is -0.480 e. The van der Waals surface area contributed by atoms with Gasteiger partial charge < -0.3 is 82.0 Å². The second kappa shape index (κ2) is 40.6. The number of fused-ring (bicyclic) bond motifs is 3. The molecule has 3 aliphatic heterocycles. The molecule has 119 heavy (non-hydrogen) atoms. The Hall–Kier alpha value is -12.5. The first-order valence-corrected chi connectivity index (χ1v) is 46.0. The fourth-order valence-corrected chi connectivity index (χ4v) is 14.9. The molecular formula is C81H102N18O18Si2. The van der Waals surface area contributed by atoms with E-state index in [9.17, 15) is 57.5 Å². The SMILES string of the molecule is CC1CCC(c2ccc3c(ccc(=O)n3COCC[Si](C)(C)C)n2)NC1.COc1ncc(NC(=O)C(=O)N2CC(C)CCC2c2ccc3[nH]c(=O)ccc3n2)cc1C(N)=O.COc1ncc(NC(=O)C(=O)N2CC(C)CCC2c2ccc3c(ccc(=O)n3COCC[Si](C)(C)C)n2)cc1C(N)=O.COc1ncc(NC(=O)C(=O)O)cc1C(N)=O. The zero-order chi connectivity index (χ0) is 86.7. The summed E-state index contributed by atoms with van der Waals surface area (Å²) < 4.78 is 29.7. The van der Waals surface area contributed by atoms with Crippen molar-refractivity contribution in [3.8, 4) is 17.6 Å². The molecule has 9 aromatic rings. The number of likely N-dealkylation sites (tertiary alicyclic amines) is 2. The average Bonchev–Trinajstić information content (AvgIpc) is 0.796. The van der Waals surface area contributed by atoms with Crippen LogP contribution in [0.25, 0.3) is 33.1 Å². The highest BCUT2D eigenvalue weighted by Crippen LogP contribution is 2.36. The Morgan fingerprint density at radius 2 is 0.874 bits per heavy atom. The average molecular weight is 1670 g/mol. The van der Waals surface area contributed by atoms with Crippen LogP contribution in [-0.2, 0) is 51.7 Å². The largest absolute Gasteiger partial charge is 0.480 e. The number of H-pyrrole nitrogens is 1. The number of nitrogens with one attached hydrogen (secondary N) is 5. The van der Waals surface area contributed by atoms with Gasteiger partial charge in [0.2, 0.25) is 23.2 Å². The van der Waals surface area contributed by atoms with E-state index < -0.39 is 81.5 Å². The molecule has 38 heteroatoms. The number of rotatable bonds is 22. The molecule has 0 saturated carbocycles. The maximum Gasteiger partial charge on any atom is 0.394 e. The number of nitrogens with zero attached hydrogens (tertiary/aromatic N) is 10. The number of hydrogen-bond acceptors (Lipinski definition) is 24. The van der Waals surface area contributed by atoms with Gasteiger partial charge in [0.25, 0.3) is 28.8 Å². The zero-order valence-electron chi connectivity index (χ0n) is 68.6. The smallest absolute Gasteiger partial charge is 0.394 e. The third-order valence-corrected chi connectivity index (χ3v) is 23.3. The van der Waals surface area contributed by atoms with E-state index in [0.717, 1.165) is 66.7 Å². The van der Waals surface area contributed by atoms with E-state index in [1.54, 1.807) is 45.5 Å². The Morgan fingerprint density at radius 1 is 0.487 bits per heavy atom. The number of hydrogen-bond donors (Lipinski definition) is 9. The molecule has 12 N–H and O–H groups in total. The fourth-order valence-electron chi connectivity index (χ4n) is 13.4. The number of pyridine rings is 9. The molecule has 3 fully saturated rings. The number of carbonyl (C=O) groups is 9. The minimum atomic E-state index is -1.65. The fraction of sp³-hybridized carbons (Fsp3) is 0.407. The Bertz CT molecular complexity index is 5450. The molecule has 12 rings (SSSR count). The molecule has 0 bridgehead atoms. The number of aliphatic carboxylic acids is 1. The summed E-state index contributed by atoms with van der Waals surface area (Å²) in [5, 5.41) is 19.0. The third-order valence-electron chi connectivity index (χ3n) is 19.9. The number of aromatic amines is 1. The van der Waals surface area contributed by atoms with Crippen LogP contribution in [0.3, 0.4) is 0 Å². The standard InChI is InChI=1S/C29H38N6O6Si.C23H24N6O5.C20H31N3O2Si.C9H9N3O5/c1-18-6-9-23(34(16-18)29(39)27(38)32-19-14-20(26(30)37)28(40-2)31-15-19)21-7-10-24-22(33-21)8-11-25(36)35(24)17-41-12-13-42(3,4)5;1-12-3-7-18(17-5-4-16-15(27-17)6-8-19(30)28-16)29(11-12)23(33)21(32)26-13-9-14(20(24)31)22(34-2)25-10-13;1-15-5-6-16(21-13-15)17-7-9-19-18(22-17)8-10-20(24)23(19)14-25-11-12-26(2,3)4;1-17-8-5(6(10)13)2-4(3-11-8)12-7(14)9(15)16/h7-8,10-11,14-15,18,23H,6,9,12-13,16-17H2,1-5H3,(H2,30,37)(H,32,38);4-6,8-10,12,18H,3,7,11H2,1-2H3,(H2,24,31)(H,26,32)(H,28,30);7-10,15-16,21H,5-6,11-14H2,1-4H3;2-3H,1H3,(H2,10,13)(H,12,14)(H,15,16). The number of carboxylic acids is 1. The van der Waals surface area contributed by atoms with E-state index in [2.05, 4.69) is 87.1 Å². The van der Waals surface area contributed by atoms with Crippen LogP contribution in [-0.4, -0.2) is 182 Å². The molecule has 6 unspecified atom stereocenters. The van der Waals surface area contributed by atoms with Crippen molar-refractivity contribution < 1.29 is 71.9 Å². The normalized spacial score (nSPS) is 17.2. The Kier molecular flexibility index (Phi) is 30.8. The van der Waals surface area contributed by atoms with Crippen LogP contribution < -0.4 is 69.4 Å². The van der Waals surface area contributed by atoms with E-state index in [1.807, 2.05) is 43.4 Å². The number of nitrogens with two attached hydrogens (primary N) is 3. The molecule has 632 valence electrons.